The van der Waals surface area contributed by atoms with E-state index < -0.39 is 36.0 Å². The zero-order valence-corrected chi connectivity index (χ0v) is 8.52. The van der Waals surface area contributed by atoms with Crippen LogP contribution in [-0.4, -0.2) is 35.1 Å². The Morgan fingerprint density at radius 2 is 1.94 bits per heavy atom. The molecule has 1 rings (SSSR count). The van der Waals surface area contributed by atoms with Gasteiger partial charge in [0.2, 0.25) is 0 Å². The first-order chi connectivity index (χ1) is 7.52. The molecule has 0 heterocycles. The second kappa shape index (κ2) is 5.20. The predicted molar refractivity (Wildman–Crippen MR) is 51.0 cm³/mol. The average molecular weight is 234 g/mol. The van der Waals surface area contributed by atoms with Crippen molar-refractivity contribution < 1.29 is 28.8 Å². The maximum absolute atomic E-state index is 13.6. The molecule has 1 aromatic carbocycles. The van der Waals surface area contributed by atoms with Crippen LogP contribution < -0.4 is 4.74 Å². The molecular formula is C10H12F2O4. The van der Waals surface area contributed by atoms with Crippen molar-refractivity contribution in [3.8, 4) is 5.75 Å². The standard InChI is InChI=1S/C10H12F2O4/c1-16-7-3-2-5(11)8(9(7)12)10(15)6(14)4-13/h2-3,6,10,13-15H,4H2,1H3. The Morgan fingerprint density at radius 3 is 2.44 bits per heavy atom. The Labute approximate surface area is 90.7 Å². The van der Waals surface area contributed by atoms with Crippen LogP contribution in [0.4, 0.5) is 8.78 Å². The molecule has 2 atom stereocenters. The van der Waals surface area contributed by atoms with Crippen molar-refractivity contribution in [1.29, 1.82) is 0 Å². The Bertz CT molecular complexity index is 370. The van der Waals surface area contributed by atoms with E-state index in [0.717, 1.165) is 12.1 Å². The zero-order chi connectivity index (χ0) is 12.3. The van der Waals surface area contributed by atoms with Crippen molar-refractivity contribution in [2.45, 2.75) is 12.2 Å². The lowest BCUT2D eigenvalue weighted by Crippen LogP contribution is -2.24. The summed E-state index contributed by atoms with van der Waals surface area (Å²) >= 11 is 0. The molecule has 0 fully saturated rings. The highest BCUT2D eigenvalue weighted by atomic mass is 19.1. The minimum Gasteiger partial charge on any atom is -0.494 e. The van der Waals surface area contributed by atoms with Gasteiger partial charge in [-0.05, 0) is 12.1 Å². The van der Waals surface area contributed by atoms with E-state index in [0.29, 0.717) is 0 Å². The summed E-state index contributed by atoms with van der Waals surface area (Å²) in [5.41, 5.74) is -0.721. The van der Waals surface area contributed by atoms with Gasteiger partial charge in [0.25, 0.3) is 0 Å². The fourth-order valence-electron chi connectivity index (χ4n) is 1.27. The summed E-state index contributed by atoms with van der Waals surface area (Å²) in [6.07, 6.45) is -3.50. The van der Waals surface area contributed by atoms with Crippen LogP contribution in [-0.2, 0) is 0 Å². The molecule has 0 saturated carbocycles. The number of rotatable bonds is 4. The first-order valence-corrected chi connectivity index (χ1v) is 4.51. The molecule has 1 aromatic rings. The number of ether oxygens (including phenoxy) is 1. The summed E-state index contributed by atoms with van der Waals surface area (Å²) < 4.78 is 31.4. The van der Waals surface area contributed by atoms with Gasteiger partial charge in [-0.15, -0.1) is 0 Å². The second-order valence-electron chi connectivity index (χ2n) is 3.17. The molecule has 90 valence electrons. The minimum atomic E-state index is -1.85. The molecular weight excluding hydrogens is 222 g/mol. The van der Waals surface area contributed by atoms with Crippen LogP contribution in [0, 0.1) is 11.6 Å². The summed E-state index contributed by atoms with van der Waals surface area (Å²) in [6, 6.07) is 1.97. The van der Waals surface area contributed by atoms with E-state index in [1.807, 2.05) is 0 Å². The molecule has 0 aliphatic rings. The smallest absolute Gasteiger partial charge is 0.173 e. The van der Waals surface area contributed by atoms with Gasteiger partial charge >= 0.3 is 0 Å². The van der Waals surface area contributed by atoms with Crippen LogP contribution in [0.25, 0.3) is 0 Å². The molecule has 0 aromatic heterocycles. The van der Waals surface area contributed by atoms with E-state index in [9.17, 15) is 13.9 Å². The molecule has 3 N–H and O–H groups in total. The van der Waals surface area contributed by atoms with Crippen LogP contribution in [0.2, 0.25) is 0 Å². The third-order valence-electron chi connectivity index (χ3n) is 2.16. The molecule has 2 unspecified atom stereocenters. The fraction of sp³-hybridized carbons (Fsp3) is 0.400. The van der Waals surface area contributed by atoms with Crippen LogP contribution in [0.15, 0.2) is 12.1 Å². The largest absolute Gasteiger partial charge is 0.494 e. The molecule has 0 aliphatic carbocycles. The minimum absolute atomic E-state index is 0.249. The molecule has 0 radical (unpaired) electrons. The topological polar surface area (TPSA) is 69.9 Å². The van der Waals surface area contributed by atoms with Crippen molar-refractivity contribution >= 4 is 0 Å². The second-order valence-corrected chi connectivity index (χ2v) is 3.17. The van der Waals surface area contributed by atoms with Crippen molar-refractivity contribution in [3.05, 3.63) is 29.3 Å². The number of hydrogen-bond acceptors (Lipinski definition) is 4. The summed E-state index contributed by atoms with van der Waals surface area (Å²) in [5, 5.41) is 27.1. The Morgan fingerprint density at radius 1 is 1.31 bits per heavy atom. The Balaban J connectivity index is 3.20. The number of aliphatic hydroxyl groups is 3. The van der Waals surface area contributed by atoms with E-state index in [4.69, 9.17) is 10.2 Å². The van der Waals surface area contributed by atoms with Gasteiger partial charge in [0.05, 0.1) is 19.3 Å². The van der Waals surface area contributed by atoms with Gasteiger partial charge in [0, 0.05) is 0 Å². The van der Waals surface area contributed by atoms with Gasteiger partial charge in [-0.2, -0.15) is 0 Å². The maximum atomic E-state index is 13.6. The van der Waals surface area contributed by atoms with E-state index in [2.05, 4.69) is 4.74 Å². The van der Waals surface area contributed by atoms with E-state index >= 15 is 0 Å². The van der Waals surface area contributed by atoms with Crippen LogP contribution >= 0.6 is 0 Å². The van der Waals surface area contributed by atoms with Crippen molar-refractivity contribution in [3.63, 3.8) is 0 Å². The Kier molecular flexibility index (Phi) is 4.17. The third-order valence-corrected chi connectivity index (χ3v) is 2.16. The highest BCUT2D eigenvalue weighted by molar-refractivity contribution is 5.34. The van der Waals surface area contributed by atoms with Gasteiger partial charge in [-0.25, -0.2) is 8.78 Å². The zero-order valence-electron chi connectivity index (χ0n) is 8.52. The van der Waals surface area contributed by atoms with Crippen molar-refractivity contribution in [2.24, 2.45) is 0 Å². The average Bonchev–Trinajstić information content (AvgIpc) is 2.28. The fourth-order valence-corrected chi connectivity index (χ4v) is 1.27. The normalized spacial score (nSPS) is 14.6. The lowest BCUT2D eigenvalue weighted by Gasteiger charge is -2.18. The lowest BCUT2D eigenvalue weighted by atomic mass is 10.0. The number of hydrogen-bond donors (Lipinski definition) is 3. The van der Waals surface area contributed by atoms with Crippen LogP contribution in [0.3, 0.4) is 0 Å². The number of halogens is 2. The van der Waals surface area contributed by atoms with E-state index in [1.54, 1.807) is 0 Å². The van der Waals surface area contributed by atoms with Crippen LogP contribution in [0.1, 0.15) is 11.7 Å². The quantitative estimate of drug-likeness (QED) is 0.703. The van der Waals surface area contributed by atoms with Gasteiger partial charge in [-0.1, -0.05) is 0 Å². The van der Waals surface area contributed by atoms with Gasteiger partial charge < -0.3 is 20.1 Å². The van der Waals surface area contributed by atoms with Gasteiger partial charge in [0.15, 0.2) is 11.6 Å². The molecule has 0 spiro atoms. The summed E-state index contributed by atoms with van der Waals surface area (Å²) in [4.78, 5) is 0. The summed E-state index contributed by atoms with van der Waals surface area (Å²) in [5.74, 6) is -2.36. The number of methoxy groups -OCH3 is 1. The molecule has 0 saturated heterocycles. The molecule has 0 aliphatic heterocycles. The molecule has 0 amide bonds. The molecule has 4 nitrogen and oxygen atoms in total. The van der Waals surface area contributed by atoms with E-state index in [-0.39, 0.29) is 5.75 Å². The SMILES string of the molecule is COc1ccc(F)c(C(O)C(O)CO)c1F. The first-order valence-electron chi connectivity index (χ1n) is 4.51. The highest BCUT2D eigenvalue weighted by Gasteiger charge is 2.26. The maximum Gasteiger partial charge on any atom is 0.173 e. The highest BCUT2D eigenvalue weighted by Crippen LogP contribution is 2.29. The molecule has 6 heteroatoms. The van der Waals surface area contributed by atoms with E-state index in [1.165, 1.54) is 7.11 Å². The number of aliphatic hydroxyl groups excluding tert-OH is 3. The Hall–Kier alpha value is -1.24. The summed E-state index contributed by atoms with van der Waals surface area (Å²) in [6.45, 7) is -0.808. The van der Waals surface area contributed by atoms with Gasteiger partial charge in [0.1, 0.15) is 18.0 Å². The number of benzene rings is 1. The molecule has 0 bridgehead atoms. The van der Waals surface area contributed by atoms with Crippen molar-refractivity contribution in [1.82, 2.24) is 0 Å². The van der Waals surface area contributed by atoms with Gasteiger partial charge in [-0.3, -0.25) is 0 Å². The van der Waals surface area contributed by atoms with Crippen LogP contribution in [0.5, 0.6) is 5.75 Å². The third kappa shape index (κ3) is 2.29. The summed E-state index contributed by atoms with van der Waals surface area (Å²) in [7, 11) is 1.19. The monoisotopic (exact) mass is 234 g/mol. The predicted octanol–water partition coefficient (Wildman–Crippen LogP) is 0.360. The first kappa shape index (κ1) is 12.8. The molecule has 16 heavy (non-hydrogen) atoms. The lowest BCUT2D eigenvalue weighted by molar-refractivity contribution is -0.0186. The van der Waals surface area contributed by atoms with Crippen molar-refractivity contribution in [2.75, 3.05) is 13.7 Å².